The molecule has 28 heavy (non-hydrogen) atoms. The lowest BCUT2D eigenvalue weighted by Gasteiger charge is -2.39. The van der Waals surface area contributed by atoms with Crippen LogP contribution in [0.5, 0.6) is 0 Å². The van der Waals surface area contributed by atoms with Crippen LogP contribution in [0.15, 0.2) is 5.16 Å². The second-order valence-corrected chi connectivity index (χ2v) is 10.7. The molecule has 5 atom stereocenters. The summed E-state index contributed by atoms with van der Waals surface area (Å²) < 4.78 is 61.6. The summed E-state index contributed by atoms with van der Waals surface area (Å²) in [5.74, 6) is -0.0130. The molecule has 1 heterocycles. The normalized spacial score (nSPS) is 29.6. The van der Waals surface area contributed by atoms with Gasteiger partial charge < -0.3 is 25.2 Å². The van der Waals surface area contributed by atoms with Crippen LogP contribution in [-0.4, -0.2) is 95.3 Å². The summed E-state index contributed by atoms with van der Waals surface area (Å²) in [6, 6.07) is 0. The summed E-state index contributed by atoms with van der Waals surface area (Å²) in [4.78, 5) is 0. The number of hydrogen-bond donors (Lipinski definition) is 5. The zero-order chi connectivity index (χ0) is 21.5. The Hall–Kier alpha value is -0.520. The number of ether oxygens (including phenoxy) is 1. The van der Waals surface area contributed by atoms with Gasteiger partial charge in [0.2, 0.25) is 0 Å². The van der Waals surface area contributed by atoms with E-state index in [4.69, 9.17) is 9.29 Å². The lowest BCUT2D eigenvalue weighted by atomic mass is 10.0. The fourth-order valence-corrected chi connectivity index (χ4v) is 4.40. The summed E-state index contributed by atoms with van der Waals surface area (Å²) in [6.45, 7) is -0.637. The first-order valence-corrected chi connectivity index (χ1v) is 12.5. The van der Waals surface area contributed by atoms with E-state index >= 15 is 0 Å². The van der Waals surface area contributed by atoms with Gasteiger partial charge in [-0.05, 0) is 19.3 Å². The maximum atomic E-state index is 11.1. The number of unbranched alkanes of at least 4 members (excludes halogenated alkanes) is 2. The minimum Gasteiger partial charge on any atom is -0.394 e. The molecule has 166 valence electrons. The quantitative estimate of drug-likeness (QED) is 0.0799. The maximum Gasteiger partial charge on any atom is 0.466 e. The predicted molar refractivity (Wildman–Crippen MR) is 99.6 cm³/mol. The Balaban J connectivity index is 2.76. The van der Waals surface area contributed by atoms with Crippen molar-refractivity contribution in [3.8, 4) is 0 Å². The van der Waals surface area contributed by atoms with E-state index in [1.165, 1.54) is 0 Å². The first-order chi connectivity index (χ1) is 12.8. The van der Waals surface area contributed by atoms with Crippen LogP contribution < -0.4 is 0 Å². The Bertz CT molecular complexity index is 722. The molecule has 0 aromatic rings. The molecule has 5 N–H and O–H groups in total. The summed E-state index contributed by atoms with van der Waals surface area (Å²) in [5.41, 5.74) is -1.21. The van der Waals surface area contributed by atoms with Gasteiger partial charge in [0.25, 0.3) is 0 Å². The number of oxime groups is 1. The van der Waals surface area contributed by atoms with Gasteiger partial charge in [-0.15, -0.1) is 0 Å². The predicted octanol–water partition coefficient (Wildman–Crippen LogP) is -1.74. The number of aliphatic hydroxyl groups excluding tert-OH is 4. The van der Waals surface area contributed by atoms with E-state index in [0.717, 1.165) is 6.26 Å². The van der Waals surface area contributed by atoms with Crippen molar-refractivity contribution in [2.45, 2.75) is 55.5 Å². The van der Waals surface area contributed by atoms with Crippen molar-refractivity contribution in [1.82, 2.24) is 0 Å². The van der Waals surface area contributed by atoms with Crippen molar-refractivity contribution < 1.29 is 50.8 Å². The SMILES string of the molecule is CS(=O)(=O)CCCCC/C(=N/OS(=O)(=O)O)S[C@H]1O[C@@H](CO)[C@H](O)[C@H](O)[C@H]1O. The van der Waals surface area contributed by atoms with Crippen molar-refractivity contribution in [2.24, 2.45) is 5.16 Å². The van der Waals surface area contributed by atoms with E-state index in [1.54, 1.807) is 0 Å². The first kappa shape index (κ1) is 25.5. The van der Waals surface area contributed by atoms with Crippen molar-refractivity contribution in [3.05, 3.63) is 0 Å². The Morgan fingerprint density at radius 2 is 1.71 bits per heavy atom. The van der Waals surface area contributed by atoms with E-state index in [9.17, 15) is 37.3 Å². The average Bonchev–Trinajstić information content (AvgIpc) is 2.57. The summed E-state index contributed by atoms with van der Waals surface area (Å²) >= 11 is 0.680. The molecule has 0 unspecified atom stereocenters. The van der Waals surface area contributed by atoms with Gasteiger partial charge >= 0.3 is 10.4 Å². The van der Waals surface area contributed by atoms with Crippen molar-refractivity contribution in [1.29, 1.82) is 0 Å². The van der Waals surface area contributed by atoms with Crippen LogP contribution in [0.25, 0.3) is 0 Å². The monoisotopic (exact) mass is 467 g/mol. The molecule has 0 bridgehead atoms. The van der Waals surface area contributed by atoms with Crippen LogP contribution in [0.2, 0.25) is 0 Å². The van der Waals surface area contributed by atoms with E-state index in [0.29, 0.717) is 31.0 Å². The van der Waals surface area contributed by atoms with Gasteiger partial charge in [0.1, 0.15) is 44.7 Å². The van der Waals surface area contributed by atoms with Gasteiger partial charge in [0, 0.05) is 12.0 Å². The smallest absolute Gasteiger partial charge is 0.394 e. The van der Waals surface area contributed by atoms with Crippen molar-refractivity contribution in [2.75, 3.05) is 18.6 Å². The fourth-order valence-electron chi connectivity index (χ4n) is 2.33. The van der Waals surface area contributed by atoms with E-state index < -0.39 is 56.7 Å². The van der Waals surface area contributed by atoms with Gasteiger partial charge in [-0.3, -0.25) is 4.55 Å². The van der Waals surface area contributed by atoms with Crippen LogP contribution in [0, 0.1) is 0 Å². The summed E-state index contributed by atoms with van der Waals surface area (Å²) in [5, 5.41) is 42.0. The molecule has 0 amide bonds. The highest BCUT2D eigenvalue weighted by Gasteiger charge is 2.44. The molecule has 1 rings (SSSR count). The molecule has 0 radical (unpaired) electrons. The van der Waals surface area contributed by atoms with E-state index in [2.05, 4.69) is 9.44 Å². The van der Waals surface area contributed by atoms with Gasteiger partial charge in [-0.2, -0.15) is 8.42 Å². The zero-order valence-corrected chi connectivity index (χ0v) is 17.4. The molecule has 0 aromatic heterocycles. The number of nitrogens with zero attached hydrogens (tertiary/aromatic N) is 1. The highest BCUT2D eigenvalue weighted by Crippen LogP contribution is 2.30. The lowest BCUT2D eigenvalue weighted by molar-refractivity contribution is -0.205. The van der Waals surface area contributed by atoms with Crippen LogP contribution in [0.3, 0.4) is 0 Å². The molecule has 0 saturated carbocycles. The molecular formula is C13H25NO11S3. The number of rotatable bonds is 10. The van der Waals surface area contributed by atoms with Gasteiger partial charge in [-0.1, -0.05) is 23.3 Å². The summed E-state index contributed by atoms with van der Waals surface area (Å²) in [6.07, 6.45) is -3.49. The van der Waals surface area contributed by atoms with Crippen LogP contribution in [0.1, 0.15) is 25.7 Å². The van der Waals surface area contributed by atoms with Crippen LogP contribution in [0.4, 0.5) is 0 Å². The minimum absolute atomic E-state index is 0.0130. The zero-order valence-electron chi connectivity index (χ0n) is 15.0. The molecule has 1 aliphatic rings. The second kappa shape index (κ2) is 11.0. The van der Waals surface area contributed by atoms with E-state index in [1.807, 2.05) is 0 Å². The Morgan fingerprint density at radius 1 is 1.07 bits per heavy atom. The van der Waals surface area contributed by atoms with Crippen molar-refractivity contribution in [3.63, 3.8) is 0 Å². The molecule has 12 nitrogen and oxygen atoms in total. The largest absolute Gasteiger partial charge is 0.466 e. The fraction of sp³-hybridized carbons (Fsp3) is 0.923. The molecular weight excluding hydrogens is 442 g/mol. The lowest BCUT2D eigenvalue weighted by Crippen LogP contribution is -2.57. The molecule has 0 aliphatic carbocycles. The number of hydrogen-bond acceptors (Lipinski definition) is 12. The first-order valence-electron chi connectivity index (χ1n) is 8.22. The van der Waals surface area contributed by atoms with Crippen LogP contribution in [-0.2, 0) is 29.3 Å². The Kier molecular flexibility index (Phi) is 10.1. The third kappa shape index (κ3) is 9.32. The number of sulfone groups is 1. The van der Waals surface area contributed by atoms with Crippen LogP contribution >= 0.6 is 11.8 Å². The van der Waals surface area contributed by atoms with Gasteiger partial charge in [-0.25, -0.2) is 12.7 Å². The van der Waals surface area contributed by atoms with Gasteiger partial charge in [0.15, 0.2) is 0 Å². The van der Waals surface area contributed by atoms with Crippen molar-refractivity contribution >= 4 is 37.0 Å². The Morgan fingerprint density at radius 3 is 2.25 bits per heavy atom. The number of aliphatic hydroxyl groups is 4. The standard InChI is InChI=1S/C13H25NO11S3/c1-27(19,20)6-4-2-3-5-9(14-25-28(21,22)23)26-13-12(18)11(17)10(16)8(7-15)24-13/h8,10-13,15-18H,2-7H2,1H3,(H,21,22,23)/b14-9-/t8-,10-,11-,12+,13+/m0/s1. The molecule has 1 saturated heterocycles. The molecule has 1 aliphatic heterocycles. The minimum atomic E-state index is -4.88. The topological polar surface area (TPSA) is 200 Å². The summed E-state index contributed by atoms with van der Waals surface area (Å²) in [7, 11) is -7.98. The third-order valence-electron chi connectivity index (χ3n) is 3.74. The maximum absolute atomic E-state index is 11.1. The highest BCUT2D eigenvalue weighted by atomic mass is 32.3. The van der Waals surface area contributed by atoms with Gasteiger partial charge in [0.05, 0.1) is 6.61 Å². The highest BCUT2D eigenvalue weighted by molar-refractivity contribution is 8.14. The second-order valence-electron chi connectivity index (χ2n) is 6.24. The molecule has 0 aromatic carbocycles. The molecule has 1 fully saturated rings. The molecule has 0 spiro atoms. The average molecular weight is 468 g/mol. The Labute approximate surface area is 167 Å². The number of thioether (sulfide) groups is 1. The third-order valence-corrected chi connectivity index (χ3v) is 6.21. The van der Waals surface area contributed by atoms with E-state index in [-0.39, 0.29) is 17.2 Å². The molecule has 15 heteroatoms.